The van der Waals surface area contributed by atoms with Gasteiger partial charge in [-0.2, -0.15) is 10.2 Å². The fraction of sp³-hybridized carbons (Fsp3) is 0.0714. The van der Waals surface area contributed by atoms with E-state index in [4.69, 9.17) is 10.8 Å². The zero-order valence-electron chi connectivity index (χ0n) is 20.1. The minimum absolute atomic E-state index is 0.288. The molecule has 0 saturated heterocycles. The van der Waals surface area contributed by atoms with Gasteiger partial charge in [0.25, 0.3) is 0 Å². The maximum Gasteiger partial charge on any atom is 0.318 e. The van der Waals surface area contributed by atoms with Gasteiger partial charge >= 0.3 is 6.03 Å². The number of hydrogen-bond donors (Lipinski definition) is 3. The largest absolute Gasteiger partial charge is 0.382 e. The standard InChI is InChI=1S/C28H24N8O/c1-30-28(37)33-22-9-5-8-20(12-22)25-14-23(26-27(29)31-17-32-36(25)26)19-10-11-21-16-35(34-24(21)13-19)15-18-6-3-2-4-7-18/h2-14,16-17H,15H2,1H3,(H2,29,31,32)(H2,30,33,37). The van der Waals surface area contributed by atoms with Gasteiger partial charge in [0.05, 0.1) is 17.8 Å². The first-order valence-electron chi connectivity index (χ1n) is 11.8. The van der Waals surface area contributed by atoms with Crippen LogP contribution in [0.2, 0.25) is 0 Å². The summed E-state index contributed by atoms with van der Waals surface area (Å²) in [7, 11) is 1.58. The van der Waals surface area contributed by atoms with E-state index in [1.54, 1.807) is 11.6 Å². The van der Waals surface area contributed by atoms with E-state index in [1.165, 1.54) is 11.9 Å². The van der Waals surface area contributed by atoms with Gasteiger partial charge in [-0.15, -0.1) is 0 Å². The Morgan fingerprint density at radius 2 is 1.84 bits per heavy atom. The number of carbonyl (C=O) groups excluding carboxylic acids is 1. The van der Waals surface area contributed by atoms with Crippen LogP contribution < -0.4 is 16.4 Å². The molecule has 3 aromatic carbocycles. The van der Waals surface area contributed by atoms with Gasteiger partial charge in [0, 0.05) is 35.4 Å². The van der Waals surface area contributed by atoms with Gasteiger partial charge in [0.1, 0.15) is 11.8 Å². The van der Waals surface area contributed by atoms with Crippen LogP contribution in [0.15, 0.2) is 91.4 Å². The van der Waals surface area contributed by atoms with Crippen LogP contribution in [-0.4, -0.2) is 37.5 Å². The predicted molar refractivity (Wildman–Crippen MR) is 145 cm³/mol. The number of nitrogen functional groups attached to an aromatic ring is 1. The van der Waals surface area contributed by atoms with Crippen molar-refractivity contribution in [3.8, 4) is 22.4 Å². The number of hydrogen-bond acceptors (Lipinski definition) is 5. The highest BCUT2D eigenvalue weighted by Gasteiger charge is 2.17. The Labute approximate surface area is 212 Å². The van der Waals surface area contributed by atoms with Gasteiger partial charge in [-0.05, 0) is 35.4 Å². The number of amides is 2. The van der Waals surface area contributed by atoms with Crippen LogP contribution in [0.5, 0.6) is 0 Å². The lowest BCUT2D eigenvalue weighted by Crippen LogP contribution is -2.24. The van der Waals surface area contributed by atoms with E-state index in [2.05, 4.69) is 57.2 Å². The number of nitrogens with zero attached hydrogens (tertiary/aromatic N) is 5. The van der Waals surface area contributed by atoms with Crippen LogP contribution in [-0.2, 0) is 6.54 Å². The molecule has 9 nitrogen and oxygen atoms in total. The quantitative estimate of drug-likeness (QED) is 0.323. The van der Waals surface area contributed by atoms with Crippen LogP contribution in [0, 0.1) is 0 Å². The molecule has 0 radical (unpaired) electrons. The second-order valence-electron chi connectivity index (χ2n) is 8.72. The van der Waals surface area contributed by atoms with Crippen molar-refractivity contribution in [3.05, 3.63) is 97.0 Å². The highest BCUT2D eigenvalue weighted by atomic mass is 16.2. The molecule has 0 aliphatic rings. The van der Waals surface area contributed by atoms with Crippen LogP contribution in [0.25, 0.3) is 38.8 Å². The van der Waals surface area contributed by atoms with E-state index in [1.807, 2.05) is 53.2 Å². The van der Waals surface area contributed by atoms with Crippen LogP contribution >= 0.6 is 0 Å². The molecule has 2 amide bonds. The second kappa shape index (κ2) is 9.12. The summed E-state index contributed by atoms with van der Waals surface area (Å²) in [6.45, 7) is 0.700. The second-order valence-corrected chi connectivity index (χ2v) is 8.72. The third-order valence-corrected chi connectivity index (χ3v) is 6.28. The molecule has 9 heteroatoms. The molecular weight excluding hydrogens is 464 g/mol. The van der Waals surface area contributed by atoms with Crippen LogP contribution in [0.4, 0.5) is 16.3 Å². The molecule has 0 unspecified atom stereocenters. The van der Waals surface area contributed by atoms with Gasteiger partial charge in [-0.25, -0.2) is 14.3 Å². The van der Waals surface area contributed by atoms with E-state index in [-0.39, 0.29) is 6.03 Å². The normalized spacial score (nSPS) is 11.2. The van der Waals surface area contributed by atoms with E-state index in [0.717, 1.165) is 33.3 Å². The van der Waals surface area contributed by atoms with Crippen LogP contribution in [0.1, 0.15) is 5.56 Å². The maximum atomic E-state index is 11.8. The number of anilines is 2. The summed E-state index contributed by atoms with van der Waals surface area (Å²) < 4.78 is 3.74. The summed E-state index contributed by atoms with van der Waals surface area (Å²) in [5.74, 6) is 0.380. The molecule has 4 N–H and O–H groups in total. The first-order chi connectivity index (χ1) is 18.1. The van der Waals surface area contributed by atoms with Crippen molar-refractivity contribution in [2.45, 2.75) is 6.54 Å². The number of nitrogens with one attached hydrogen (secondary N) is 2. The zero-order valence-corrected chi connectivity index (χ0v) is 20.1. The molecule has 37 heavy (non-hydrogen) atoms. The van der Waals surface area contributed by atoms with Crippen molar-refractivity contribution in [1.82, 2.24) is 29.7 Å². The fourth-order valence-corrected chi connectivity index (χ4v) is 4.53. The van der Waals surface area contributed by atoms with Crippen molar-refractivity contribution >= 4 is 34.0 Å². The molecule has 182 valence electrons. The first-order valence-corrected chi connectivity index (χ1v) is 11.8. The van der Waals surface area contributed by atoms with Gasteiger partial charge in [0.15, 0.2) is 5.82 Å². The Bertz CT molecular complexity index is 1750. The number of rotatable bonds is 5. The number of benzene rings is 3. The average molecular weight is 489 g/mol. The summed E-state index contributed by atoms with van der Waals surface area (Å²) in [6.07, 6.45) is 3.49. The van der Waals surface area contributed by atoms with Gasteiger partial charge in [0.2, 0.25) is 0 Å². The van der Waals surface area contributed by atoms with E-state index in [9.17, 15) is 4.79 Å². The molecule has 0 fully saturated rings. The molecule has 3 heterocycles. The topological polar surface area (TPSA) is 115 Å². The Hall–Kier alpha value is -5.18. The number of nitrogens with two attached hydrogens (primary N) is 1. The molecular formula is C28H24N8O. The molecule has 0 atom stereocenters. The van der Waals surface area contributed by atoms with Crippen molar-refractivity contribution in [3.63, 3.8) is 0 Å². The highest BCUT2D eigenvalue weighted by molar-refractivity contribution is 5.95. The molecule has 0 saturated carbocycles. The lowest BCUT2D eigenvalue weighted by atomic mass is 10.0. The lowest BCUT2D eigenvalue weighted by Gasteiger charge is -2.07. The first kappa shape index (κ1) is 22.3. The van der Waals surface area contributed by atoms with Crippen molar-refractivity contribution < 1.29 is 4.79 Å². The predicted octanol–water partition coefficient (Wildman–Crippen LogP) is 4.79. The zero-order chi connectivity index (χ0) is 25.4. The summed E-state index contributed by atoms with van der Waals surface area (Å²) in [5, 5.41) is 15.7. The summed E-state index contributed by atoms with van der Waals surface area (Å²) >= 11 is 0. The van der Waals surface area contributed by atoms with Gasteiger partial charge in [-0.3, -0.25) is 4.68 Å². The maximum absolute atomic E-state index is 11.8. The Kier molecular flexibility index (Phi) is 5.49. The number of carbonyl (C=O) groups is 1. The summed E-state index contributed by atoms with van der Waals surface area (Å²) in [5.41, 5.74) is 13.4. The van der Waals surface area contributed by atoms with Crippen molar-refractivity contribution in [1.29, 1.82) is 0 Å². The Morgan fingerprint density at radius 3 is 2.68 bits per heavy atom. The minimum Gasteiger partial charge on any atom is -0.382 e. The molecule has 0 aliphatic heterocycles. The number of urea groups is 1. The smallest absolute Gasteiger partial charge is 0.318 e. The van der Waals surface area contributed by atoms with Crippen molar-refractivity contribution in [2.75, 3.05) is 18.1 Å². The number of fused-ring (bicyclic) bond motifs is 2. The van der Waals surface area contributed by atoms with E-state index < -0.39 is 0 Å². The van der Waals surface area contributed by atoms with Crippen LogP contribution in [0.3, 0.4) is 0 Å². The third kappa shape index (κ3) is 4.23. The third-order valence-electron chi connectivity index (χ3n) is 6.28. The fourth-order valence-electron chi connectivity index (χ4n) is 4.53. The lowest BCUT2D eigenvalue weighted by molar-refractivity contribution is 0.254. The SMILES string of the molecule is CNC(=O)Nc1cccc(-c2cc(-c3ccc4cn(Cc5ccccc5)nc4c3)c3c(N)ncnn23)c1. The highest BCUT2D eigenvalue weighted by Crippen LogP contribution is 2.36. The Morgan fingerprint density at radius 1 is 0.973 bits per heavy atom. The summed E-state index contributed by atoms with van der Waals surface area (Å²) in [4.78, 5) is 16.1. The van der Waals surface area contributed by atoms with Gasteiger partial charge < -0.3 is 16.4 Å². The molecule has 6 rings (SSSR count). The monoisotopic (exact) mass is 488 g/mol. The van der Waals surface area contributed by atoms with E-state index >= 15 is 0 Å². The molecule has 6 aromatic rings. The Balaban J connectivity index is 1.43. The minimum atomic E-state index is -0.288. The average Bonchev–Trinajstić information content (AvgIpc) is 3.51. The molecule has 0 aliphatic carbocycles. The van der Waals surface area contributed by atoms with Gasteiger partial charge in [-0.1, -0.05) is 54.6 Å². The summed E-state index contributed by atoms with van der Waals surface area (Å²) in [6, 6.07) is 25.8. The molecule has 0 spiro atoms. The molecule has 3 aromatic heterocycles. The number of aromatic nitrogens is 5. The van der Waals surface area contributed by atoms with Crippen molar-refractivity contribution in [2.24, 2.45) is 0 Å². The molecule has 0 bridgehead atoms. The van der Waals surface area contributed by atoms with E-state index in [0.29, 0.717) is 23.6 Å².